The van der Waals surface area contributed by atoms with Crippen LogP contribution in [0, 0.1) is 0 Å². The van der Waals surface area contributed by atoms with E-state index in [1.54, 1.807) is 6.07 Å². The van der Waals surface area contributed by atoms with E-state index >= 15 is 0 Å². The summed E-state index contributed by atoms with van der Waals surface area (Å²) in [4.78, 5) is 15.3. The lowest BCUT2D eigenvalue weighted by molar-refractivity contribution is 0.253. The van der Waals surface area contributed by atoms with Gasteiger partial charge in [0.15, 0.2) is 0 Å². The van der Waals surface area contributed by atoms with Crippen molar-refractivity contribution in [3.05, 3.63) is 54.9 Å². The highest BCUT2D eigenvalue weighted by Gasteiger charge is 2.23. The number of pyridine rings is 1. The number of thiophene rings is 1. The van der Waals surface area contributed by atoms with E-state index in [0.717, 1.165) is 57.8 Å². The summed E-state index contributed by atoms with van der Waals surface area (Å²) in [5.74, 6) is 1.54. The van der Waals surface area contributed by atoms with Gasteiger partial charge in [-0.3, -0.25) is 4.79 Å². The molecule has 0 aliphatic carbocycles. The van der Waals surface area contributed by atoms with E-state index in [9.17, 15) is 4.79 Å². The van der Waals surface area contributed by atoms with Crippen LogP contribution in [0.2, 0.25) is 5.02 Å². The van der Waals surface area contributed by atoms with E-state index in [4.69, 9.17) is 16.3 Å². The number of ether oxygens (including phenoxy) is 1. The molecular weight excluding hydrogens is 450 g/mol. The van der Waals surface area contributed by atoms with Gasteiger partial charge in [-0.05, 0) is 36.5 Å². The van der Waals surface area contributed by atoms with Crippen LogP contribution in [0.3, 0.4) is 0 Å². The Morgan fingerprint density at radius 1 is 1.33 bits per heavy atom. The van der Waals surface area contributed by atoms with Gasteiger partial charge in [0, 0.05) is 35.1 Å². The number of rotatable bonds is 6. The minimum absolute atomic E-state index is 0.0562. The molecule has 3 N–H and O–H groups in total. The lowest BCUT2D eigenvalue weighted by atomic mass is 10.0. The molecule has 0 saturated heterocycles. The molecule has 1 aliphatic heterocycles. The van der Waals surface area contributed by atoms with Crippen LogP contribution in [0.1, 0.15) is 24.4 Å². The molecule has 0 bridgehead atoms. The van der Waals surface area contributed by atoms with Crippen LogP contribution in [-0.4, -0.2) is 24.7 Å². The molecular formula is C19H19BrClN3O2S. The molecule has 0 amide bonds. The second-order valence-electron chi connectivity index (χ2n) is 6.44. The standard InChI is InChI=1S/C19H19BrClN3O2S/c20-11-8-12-14(2-6-26-18(12)13(21)9-11)22-4-1-5-23-17-10-16(25)19-15(24-17)3-7-27-19/h3,7-10,14,22H,1-2,4-6H2,(H2,23,24,25). The number of halogens is 2. The molecule has 3 aromatic rings. The van der Waals surface area contributed by atoms with Crippen LogP contribution in [0.15, 0.2) is 38.9 Å². The molecule has 0 radical (unpaired) electrons. The molecule has 27 heavy (non-hydrogen) atoms. The van der Waals surface area contributed by atoms with Crippen LogP contribution in [0.5, 0.6) is 5.75 Å². The molecule has 0 fully saturated rings. The second kappa shape index (κ2) is 8.22. The molecule has 1 atom stereocenters. The molecule has 1 unspecified atom stereocenters. The molecule has 0 saturated carbocycles. The fraction of sp³-hybridized carbons (Fsp3) is 0.316. The van der Waals surface area contributed by atoms with Gasteiger partial charge in [-0.25, -0.2) is 0 Å². The highest BCUT2D eigenvalue weighted by atomic mass is 79.9. The summed E-state index contributed by atoms with van der Waals surface area (Å²) in [5.41, 5.74) is 2.04. The van der Waals surface area contributed by atoms with Crippen molar-refractivity contribution in [2.45, 2.75) is 18.9 Å². The van der Waals surface area contributed by atoms with Gasteiger partial charge in [0.05, 0.1) is 21.8 Å². The van der Waals surface area contributed by atoms with Crippen molar-refractivity contribution in [2.75, 3.05) is 25.0 Å². The lowest BCUT2D eigenvalue weighted by Crippen LogP contribution is -2.29. The monoisotopic (exact) mass is 467 g/mol. The normalized spacial score (nSPS) is 16.1. The summed E-state index contributed by atoms with van der Waals surface area (Å²) in [7, 11) is 0. The highest BCUT2D eigenvalue weighted by Crippen LogP contribution is 2.39. The van der Waals surface area contributed by atoms with Crippen molar-refractivity contribution in [1.82, 2.24) is 10.3 Å². The first-order chi connectivity index (χ1) is 13.1. The van der Waals surface area contributed by atoms with Crippen LogP contribution >= 0.6 is 38.9 Å². The number of nitrogens with one attached hydrogen (secondary N) is 3. The van der Waals surface area contributed by atoms with Crippen LogP contribution in [0.4, 0.5) is 5.82 Å². The zero-order valence-corrected chi connectivity index (χ0v) is 17.6. The molecule has 3 heterocycles. The number of hydrogen-bond acceptors (Lipinski definition) is 5. The largest absolute Gasteiger partial charge is 0.492 e. The van der Waals surface area contributed by atoms with Gasteiger partial charge in [0.2, 0.25) is 5.43 Å². The summed E-state index contributed by atoms with van der Waals surface area (Å²) in [6.07, 6.45) is 1.84. The Labute approximate surface area is 174 Å². The zero-order valence-electron chi connectivity index (χ0n) is 14.5. The molecule has 0 spiro atoms. The van der Waals surface area contributed by atoms with E-state index in [0.29, 0.717) is 11.6 Å². The predicted molar refractivity (Wildman–Crippen MR) is 116 cm³/mol. The van der Waals surface area contributed by atoms with Gasteiger partial charge in [0.1, 0.15) is 11.6 Å². The summed E-state index contributed by atoms with van der Waals surface area (Å²) in [6, 6.07) is 7.71. The third-order valence-electron chi connectivity index (χ3n) is 4.56. The minimum Gasteiger partial charge on any atom is -0.492 e. The number of benzene rings is 1. The topological polar surface area (TPSA) is 66.2 Å². The van der Waals surface area contributed by atoms with E-state index in [-0.39, 0.29) is 11.5 Å². The highest BCUT2D eigenvalue weighted by molar-refractivity contribution is 9.10. The molecule has 2 aromatic heterocycles. The predicted octanol–water partition coefficient (Wildman–Crippen LogP) is 4.92. The summed E-state index contributed by atoms with van der Waals surface area (Å²) in [6.45, 7) is 2.28. The van der Waals surface area contributed by atoms with Crippen molar-refractivity contribution in [1.29, 1.82) is 0 Å². The summed E-state index contributed by atoms with van der Waals surface area (Å²) in [5, 5.41) is 9.45. The minimum atomic E-state index is 0.0562. The maximum absolute atomic E-state index is 12.0. The Morgan fingerprint density at radius 3 is 3.11 bits per heavy atom. The Morgan fingerprint density at radius 2 is 2.22 bits per heavy atom. The Kier molecular flexibility index (Phi) is 5.73. The van der Waals surface area contributed by atoms with E-state index < -0.39 is 0 Å². The smallest absolute Gasteiger partial charge is 0.201 e. The summed E-state index contributed by atoms with van der Waals surface area (Å²) >= 11 is 11.3. The first kappa shape index (κ1) is 18.8. The third-order valence-corrected chi connectivity index (χ3v) is 6.23. The van der Waals surface area contributed by atoms with Gasteiger partial charge >= 0.3 is 0 Å². The number of anilines is 1. The number of aromatic nitrogens is 1. The van der Waals surface area contributed by atoms with Gasteiger partial charge < -0.3 is 20.4 Å². The van der Waals surface area contributed by atoms with Gasteiger partial charge in [-0.15, -0.1) is 11.3 Å². The van der Waals surface area contributed by atoms with Crippen molar-refractivity contribution in [3.8, 4) is 5.75 Å². The SMILES string of the molecule is O=c1cc(NCCCNC2CCOc3c(Cl)cc(Br)cc32)[nH]c2ccsc12. The third kappa shape index (κ3) is 4.16. The Balaban J connectivity index is 1.31. The van der Waals surface area contributed by atoms with Gasteiger partial charge in [-0.2, -0.15) is 0 Å². The Bertz CT molecular complexity index is 1020. The number of aromatic amines is 1. The summed E-state index contributed by atoms with van der Waals surface area (Å²) < 4.78 is 7.45. The quantitative estimate of drug-likeness (QED) is 0.449. The molecule has 4 rings (SSSR count). The van der Waals surface area contributed by atoms with Gasteiger partial charge in [0.25, 0.3) is 0 Å². The average Bonchev–Trinajstić information content (AvgIpc) is 3.11. The number of fused-ring (bicyclic) bond motifs is 2. The van der Waals surface area contributed by atoms with Crippen LogP contribution < -0.4 is 20.8 Å². The van der Waals surface area contributed by atoms with Crippen molar-refractivity contribution >= 4 is 54.9 Å². The fourth-order valence-corrected chi connectivity index (χ4v) is 4.95. The van der Waals surface area contributed by atoms with E-state index in [1.807, 2.05) is 17.5 Å². The first-order valence-corrected chi connectivity index (χ1v) is 10.9. The Hall–Kier alpha value is -1.54. The van der Waals surface area contributed by atoms with Crippen LogP contribution in [-0.2, 0) is 0 Å². The molecule has 5 nitrogen and oxygen atoms in total. The number of hydrogen-bond donors (Lipinski definition) is 3. The fourth-order valence-electron chi connectivity index (χ4n) is 3.30. The van der Waals surface area contributed by atoms with E-state index in [2.05, 4.69) is 37.6 Å². The lowest BCUT2D eigenvalue weighted by Gasteiger charge is -2.28. The average molecular weight is 469 g/mol. The molecule has 1 aromatic carbocycles. The number of H-pyrrole nitrogens is 1. The zero-order chi connectivity index (χ0) is 18.8. The van der Waals surface area contributed by atoms with Crippen LogP contribution in [0.25, 0.3) is 10.2 Å². The van der Waals surface area contributed by atoms with Crippen molar-refractivity contribution in [2.24, 2.45) is 0 Å². The molecule has 142 valence electrons. The molecule has 1 aliphatic rings. The second-order valence-corrected chi connectivity index (χ2v) is 8.68. The van der Waals surface area contributed by atoms with Gasteiger partial charge in [-0.1, -0.05) is 27.5 Å². The molecule has 8 heteroatoms. The van der Waals surface area contributed by atoms with E-state index in [1.165, 1.54) is 11.3 Å². The maximum atomic E-state index is 12.0. The maximum Gasteiger partial charge on any atom is 0.201 e. The first-order valence-electron chi connectivity index (χ1n) is 8.81. The van der Waals surface area contributed by atoms with Crippen molar-refractivity contribution in [3.63, 3.8) is 0 Å². The van der Waals surface area contributed by atoms with Crippen molar-refractivity contribution < 1.29 is 4.74 Å².